The van der Waals surface area contributed by atoms with Gasteiger partial charge in [-0.3, -0.25) is 0 Å². The standard InChI is InChI=1S/C16H15N5S/c1-2-10-7-17-15-14(10)16(19-9-18-15)22-8-13-20-11-5-3-4-6-12(11)21-13/h3-7,9H,2,8H2,1H3,(H,20,21)(H,17,18,19). The molecule has 4 rings (SSSR count). The Morgan fingerprint density at radius 3 is 2.95 bits per heavy atom. The Morgan fingerprint density at radius 1 is 1.18 bits per heavy atom. The molecule has 0 unspecified atom stereocenters. The molecule has 3 heterocycles. The van der Waals surface area contributed by atoms with Crippen molar-refractivity contribution >= 4 is 33.8 Å². The smallest absolute Gasteiger partial charge is 0.142 e. The number of thioether (sulfide) groups is 1. The molecule has 0 fully saturated rings. The van der Waals surface area contributed by atoms with Gasteiger partial charge in [-0.1, -0.05) is 30.8 Å². The van der Waals surface area contributed by atoms with Gasteiger partial charge in [0.1, 0.15) is 22.8 Å². The van der Waals surface area contributed by atoms with Crippen LogP contribution in [0.4, 0.5) is 0 Å². The average Bonchev–Trinajstić information content (AvgIpc) is 3.16. The summed E-state index contributed by atoms with van der Waals surface area (Å²) in [5.74, 6) is 1.72. The number of aromatic amines is 2. The number of H-pyrrole nitrogens is 2. The van der Waals surface area contributed by atoms with Crippen molar-refractivity contribution in [1.29, 1.82) is 0 Å². The van der Waals surface area contributed by atoms with Gasteiger partial charge in [0.15, 0.2) is 0 Å². The molecule has 0 saturated heterocycles. The van der Waals surface area contributed by atoms with Crippen molar-refractivity contribution in [2.45, 2.75) is 24.1 Å². The number of hydrogen-bond acceptors (Lipinski definition) is 4. The Morgan fingerprint density at radius 2 is 2.09 bits per heavy atom. The highest BCUT2D eigenvalue weighted by molar-refractivity contribution is 7.98. The molecular weight excluding hydrogens is 294 g/mol. The summed E-state index contributed by atoms with van der Waals surface area (Å²) >= 11 is 1.69. The third kappa shape index (κ3) is 2.25. The van der Waals surface area contributed by atoms with E-state index in [9.17, 15) is 0 Å². The highest BCUT2D eigenvalue weighted by atomic mass is 32.2. The van der Waals surface area contributed by atoms with Crippen molar-refractivity contribution in [1.82, 2.24) is 24.9 Å². The lowest BCUT2D eigenvalue weighted by atomic mass is 10.2. The fourth-order valence-corrected chi connectivity index (χ4v) is 3.50. The van der Waals surface area contributed by atoms with Crippen LogP contribution in [0.15, 0.2) is 41.8 Å². The monoisotopic (exact) mass is 309 g/mol. The van der Waals surface area contributed by atoms with Crippen molar-refractivity contribution in [3.05, 3.63) is 48.2 Å². The lowest BCUT2D eigenvalue weighted by Gasteiger charge is -2.02. The van der Waals surface area contributed by atoms with E-state index in [0.29, 0.717) is 0 Å². The SMILES string of the molecule is CCc1c[nH]c2ncnc(SCc3nc4ccccc4[nH]3)c12. The van der Waals surface area contributed by atoms with Crippen LogP contribution in [0.25, 0.3) is 22.1 Å². The molecule has 0 saturated carbocycles. The molecule has 6 heteroatoms. The maximum Gasteiger partial charge on any atom is 0.142 e. The number of para-hydroxylation sites is 2. The van der Waals surface area contributed by atoms with Crippen molar-refractivity contribution in [2.75, 3.05) is 0 Å². The van der Waals surface area contributed by atoms with Crippen LogP contribution in [-0.2, 0) is 12.2 Å². The highest BCUT2D eigenvalue weighted by Gasteiger charge is 2.11. The van der Waals surface area contributed by atoms with Crippen LogP contribution >= 0.6 is 11.8 Å². The third-order valence-corrected chi connectivity index (χ3v) is 4.68. The molecule has 0 aliphatic rings. The first-order chi connectivity index (χ1) is 10.8. The number of aromatic nitrogens is 5. The predicted molar refractivity (Wildman–Crippen MR) is 88.9 cm³/mol. The number of nitrogens with zero attached hydrogens (tertiary/aromatic N) is 3. The molecule has 0 aliphatic heterocycles. The molecule has 0 spiro atoms. The van der Waals surface area contributed by atoms with Gasteiger partial charge in [0.25, 0.3) is 0 Å². The fourth-order valence-electron chi connectivity index (χ4n) is 2.59. The first kappa shape index (κ1) is 13.3. The molecule has 3 aromatic heterocycles. The minimum atomic E-state index is 0.759. The summed E-state index contributed by atoms with van der Waals surface area (Å²) in [5, 5.41) is 2.13. The molecule has 22 heavy (non-hydrogen) atoms. The minimum Gasteiger partial charge on any atom is -0.346 e. The molecule has 1 aromatic carbocycles. The lowest BCUT2D eigenvalue weighted by Crippen LogP contribution is -1.89. The first-order valence-corrected chi connectivity index (χ1v) is 8.21. The van der Waals surface area contributed by atoms with Crippen LogP contribution in [0.2, 0.25) is 0 Å². The van der Waals surface area contributed by atoms with Crippen molar-refractivity contribution in [2.24, 2.45) is 0 Å². The van der Waals surface area contributed by atoms with Gasteiger partial charge >= 0.3 is 0 Å². The number of fused-ring (bicyclic) bond motifs is 2. The number of aryl methyl sites for hydroxylation is 1. The van der Waals surface area contributed by atoms with Crippen LogP contribution in [0.3, 0.4) is 0 Å². The Bertz CT molecular complexity index is 907. The van der Waals surface area contributed by atoms with Crippen molar-refractivity contribution in [3.63, 3.8) is 0 Å². The van der Waals surface area contributed by atoms with Gasteiger partial charge in [0.2, 0.25) is 0 Å². The van der Waals surface area contributed by atoms with E-state index in [1.807, 2.05) is 30.5 Å². The third-order valence-electron chi connectivity index (χ3n) is 3.68. The number of hydrogen-bond donors (Lipinski definition) is 2. The van der Waals surface area contributed by atoms with Gasteiger partial charge in [-0.05, 0) is 24.1 Å². The maximum absolute atomic E-state index is 4.61. The number of nitrogens with one attached hydrogen (secondary N) is 2. The largest absolute Gasteiger partial charge is 0.346 e. The van der Waals surface area contributed by atoms with Crippen molar-refractivity contribution < 1.29 is 0 Å². The lowest BCUT2D eigenvalue weighted by molar-refractivity contribution is 1.07. The average molecular weight is 309 g/mol. The molecule has 110 valence electrons. The van der Waals surface area contributed by atoms with Crippen LogP contribution < -0.4 is 0 Å². The van der Waals surface area contributed by atoms with Crippen molar-refractivity contribution in [3.8, 4) is 0 Å². The van der Waals surface area contributed by atoms with Gasteiger partial charge in [0, 0.05) is 6.20 Å². The van der Waals surface area contributed by atoms with Crippen LogP contribution in [-0.4, -0.2) is 24.9 Å². The molecule has 0 atom stereocenters. The number of imidazole rings is 1. The zero-order valence-electron chi connectivity index (χ0n) is 12.1. The Balaban J connectivity index is 1.64. The van der Waals surface area contributed by atoms with E-state index in [1.165, 1.54) is 5.56 Å². The molecule has 0 bridgehead atoms. The Hall–Kier alpha value is -2.34. The van der Waals surface area contributed by atoms with Gasteiger partial charge < -0.3 is 9.97 Å². The second-order valence-electron chi connectivity index (χ2n) is 5.06. The van der Waals surface area contributed by atoms with E-state index < -0.39 is 0 Å². The fraction of sp³-hybridized carbons (Fsp3) is 0.188. The summed E-state index contributed by atoms with van der Waals surface area (Å²) < 4.78 is 0. The minimum absolute atomic E-state index is 0.759. The van der Waals surface area contributed by atoms with Crippen LogP contribution in [0, 0.1) is 0 Å². The second-order valence-corrected chi connectivity index (χ2v) is 6.02. The predicted octanol–water partition coefficient (Wildman–Crippen LogP) is 3.69. The van der Waals surface area contributed by atoms with E-state index in [1.54, 1.807) is 18.1 Å². The maximum atomic E-state index is 4.61. The quantitative estimate of drug-likeness (QED) is 0.445. The summed E-state index contributed by atoms with van der Waals surface area (Å²) in [4.78, 5) is 19.9. The summed E-state index contributed by atoms with van der Waals surface area (Å²) in [6.45, 7) is 2.14. The Labute approximate surface area is 131 Å². The zero-order chi connectivity index (χ0) is 14.9. The second kappa shape index (κ2) is 5.46. The summed E-state index contributed by atoms with van der Waals surface area (Å²) in [6, 6.07) is 8.07. The number of rotatable bonds is 4. The highest BCUT2D eigenvalue weighted by Crippen LogP contribution is 2.29. The summed E-state index contributed by atoms with van der Waals surface area (Å²) in [7, 11) is 0. The molecule has 4 aromatic rings. The molecule has 5 nitrogen and oxygen atoms in total. The normalized spacial score (nSPS) is 11.5. The molecule has 0 radical (unpaired) electrons. The van der Waals surface area contributed by atoms with E-state index >= 15 is 0 Å². The molecule has 0 aliphatic carbocycles. The Kier molecular flexibility index (Phi) is 3.31. The molecular formula is C16H15N5S. The van der Waals surface area contributed by atoms with Gasteiger partial charge in [-0.15, -0.1) is 0 Å². The first-order valence-electron chi connectivity index (χ1n) is 7.22. The van der Waals surface area contributed by atoms with Gasteiger partial charge in [-0.25, -0.2) is 15.0 Å². The van der Waals surface area contributed by atoms with Gasteiger partial charge in [0.05, 0.1) is 22.2 Å². The van der Waals surface area contributed by atoms with E-state index in [0.717, 1.165) is 45.1 Å². The summed E-state index contributed by atoms with van der Waals surface area (Å²) in [5.41, 5.74) is 4.23. The van der Waals surface area contributed by atoms with E-state index in [2.05, 4.69) is 31.8 Å². The summed E-state index contributed by atoms with van der Waals surface area (Å²) in [6.07, 6.45) is 4.59. The number of benzene rings is 1. The molecule has 0 amide bonds. The van der Waals surface area contributed by atoms with Gasteiger partial charge in [-0.2, -0.15) is 0 Å². The van der Waals surface area contributed by atoms with Crippen LogP contribution in [0.1, 0.15) is 18.3 Å². The van der Waals surface area contributed by atoms with E-state index in [4.69, 9.17) is 0 Å². The topological polar surface area (TPSA) is 70.2 Å². The molecule has 2 N–H and O–H groups in total. The van der Waals surface area contributed by atoms with E-state index in [-0.39, 0.29) is 0 Å². The zero-order valence-corrected chi connectivity index (χ0v) is 12.9. The van der Waals surface area contributed by atoms with Crippen LogP contribution in [0.5, 0.6) is 0 Å².